The highest BCUT2D eigenvalue weighted by Gasteiger charge is 2.18. The molecule has 4 rings (SSSR count). The zero-order valence-electron chi connectivity index (χ0n) is 14.1. The summed E-state index contributed by atoms with van der Waals surface area (Å²) in [5, 5.41) is 13.8. The Kier molecular flexibility index (Phi) is 3.89. The van der Waals surface area contributed by atoms with E-state index in [4.69, 9.17) is 0 Å². The first-order chi connectivity index (χ1) is 12.5. The van der Waals surface area contributed by atoms with Crippen LogP contribution in [0, 0.1) is 6.92 Å². The molecule has 3 heterocycles. The Bertz CT molecular complexity index is 1120. The van der Waals surface area contributed by atoms with Gasteiger partial charge in [0.15, 0.2) is 11.6 Å². The fraction of sp³-hybridized carbons (Fsp3) is 0.111. The van der Waals surface area contributed by atoms with Crippen molar-refractivity contribution in [2.24, 2.45) is 0 Å². The largest absolute Gasteiger partial charge is 0.465 e. The van der Waals surface area contributed by atoms with Crippen molar-refractivity contribution in [3.8, 4) is 17.1 Å². The first kappa shape index (κ1) is 16.2. The van der Waals surface area contributed by atoms with E-state index < -0.39 is 6.09 Å². The van der Waals surface area contributed by atoms with Gasteiger partial charge in [-0.2, -0.15) is 0 Å². The summed E-state index contributed by atoms with van der Waals surface area (Å²) in [5.41, 5.74) is 5.28. The van der Waals surface area contributed by atoms with Crippen molar-refractivity contribution in [1.29, 1.82) is 0 Å². The maximum absolute atomic E-state index is 11.3. The van der Waals surface area contributed by atoms with Crippen LogP contribution in [0.5, 0.6) is 0 Å². The van der Waals surface area contributed by atoms with Gasteiger partial charge in [0.2, 0.25) is 0 Å². The standard InChI is InChI=1S/C18H15N5O2S/c1-11-4-3-5-16(20-11)23-14(9-17(21-23)22(2)18(24)25)12-6-7-13-15(8-12)26-10-19-13/h3-10H,1-2H3,(H,24,25). The van der Waals surface area contributed by atoms with Crippen LogP contribution in [0.15, 0.2) is 48.0 Å². The molecule has 26 heavy (non-hydrogen) atoms. The number of anilines is 1. The molecule has 1 amide bonds. The fourth-order valence-electron chi connectivity index (χ4n) is 2.67. The third kappa shape index (κ3) is 2.80. The second kappa shape index (κ2) is 6.23. The van der Waals surface area contributed by atoms with Crippen molar-refractivity contribution >= 4 is 33.5 Å². The van der Waals surface area contributed by atoms with Gasteiger partial charge in [-0.1, -0.05) is 12.1 Å². The van der Waals surface area contributed by atoms with Crippen molar-refractivity contribution in [3.63, 3.8) is 0 Å². The molecule has 0 unspecified atom stereocenters. The number of aromatic nitrogens is 4. The van der Waals surface area contributed by atoms with Crippen molar-refractivity contribution in [1.82, 2.24) is 19.7 Å². The number of fused-ring (bicyclic) bond motifs is 1. The average molecular weight is 365 g/mol. The van der Waals surface area contributed by atoms with E-state index in [9.17, 15) is 9.90 Å². The monoisotopic (exact) mass is 365 g/mol. The van der Waals surface area contributed by atoms with Crippen LogP contribution in [-0.2, 0) is 0 Å². The second-order valence-electron chi connectivity index (χ2n) is 5.81. The van der Waals surface area contributed by atoms with Gasteiger partial charge in [0.05, 0.1) is 21.4 Å². The molecule has 0 radical (unpaired) electrons. The van der Waals surface area contributed by atoms with Crippen molar-refractivity contribution < 1.29 is 9.90 Å². The summed E-state index contributed by atoms with van der Waals surface area (Å²) in [6.45, 7) is 1.90. The van der Waals surface area contributed by atoms with Crippen LogP contribution >= 0.6 is 11.3 Å². The van der Waals surface area contributed by atoms with Gasteiger partial charge in [-0.15, -0.1) is 16.4 Å². The molecular formula is C18H15N5O2S. The van der Waals surface area contributed by atoms with Gasteiger partial charge in [-0.05, 0) is 31.2 Å². The van der Waals surface area contributed by atoms with Gasteiger partial charge in [-0.3, -0.25) is 4.90 Å². The summed E-state index contributed by atoms with van der Waals surface area (Å²) in [5.74, 6) is 0.967. The van der Waals surface area contributed by atoms with Crippen LogP contribution in [0.4, 0.5) is 10.6 Å². The van der Waals surface area contributed by atoms with Crippen LogP contribution in [-0.4, -0.2) is 38.0 Å². The van der Waals surface area contributed by atoms with E-state index in [0.717, 1.165) is 32.1 Å². The zero-order valence-corrected chi connectivity index (χ0v) is 14.9. The molecule has 1 aromatic carbocycles. The molecule has 0 aliphatic carbocycles. The molecule has 0 saturated carbocycles. The minimum atomic E-state index is -1.07. The maximum atomic E-state index is 11.3. The Hall–Kier alpha value is -3.26. The SMILES string of the molecule is Cc1cccc(-n2nc(N(C)C(=O)O)cc2-c2ccc3ncsc3c2)n1. The lowest BCUT2D eigenvalue weighted by Crippen LogP contribution is -2.24. The molecule has 0 saturated heterocycles. The summed E-state index contributed by atoms with van der Waals surface area (Å²) in [7, 11) is 1.47. The van der Waals surface area contributed by atoms with Crippen molar-refractivity contribution in [3.05, 3.63) is 53.7 Å². The maximum Gasteiger partial charge on any atom is 0.412 e. The number of carboxylic acid groups (broad SMARTS) is 1. The number of carbonyl (C=O) groups is 1. The number of pyridine rings is 1. The van der Waals surface area contributed by atoms with E-state index in [1.807, 2.05) is 43.3 Å². The first-order valence-corrected chi connectivity index (χ1v) is 8.75. The van der Waals surface area contributed by atoms with Crippen molar-refractivity contribution in [2.45, 2.75) is 6.92 Å². The predicted octanol–water partition coefficient (Wildman–Crippen LogP) is 3.97. The summed E-state index contributed by atoms with van der Waals surface area (Å²) < 4.78 is 2.73. The van der Waals surface area contributed by atoms with Gasteiger partial charge in [0.1, 0.15) is 0 Å². The van der Waals surface area contributed by atoms with E-state index in [2.05, 4.69) is 15.1 Å². The lowest BCUT2D eigenvalue weighted by atomic mass is 10.1. The normalized spacial score (nSPS) is 11.0. The molecule has 130 valence electrons. The zero-order chi connectivity index (χ0) is 18.3. The number of rotatable bonds is 3. The molecular weight excluding hydrogens is 350 g/mol. The number of hydrogen-bond donors (Lipinski definition) is 1. The Morgan fingerprint density at radius 1 is 1.23 bits per heavy atom. The number of aryl methyl sites for hydroxylation is 1. The van der Waals surface area contributed by atoms with Crippen LogP contribution in [0.2, 0.25) is 0 Å². The van der Waals surface area contributed by atoms with Crippen molar-refractivity contribution in [2.75, 3.05) is 11.9 Å². The highest BCUT2D eigenvalue weighted by atomic mass is 32.1. The van der Waals surface area contributed by atoms with E-state index in [1.54, 1.807) is 27.6 Å². The highest BCUT2D eigenvalue weighted by molar-refractivity contribution is 7.16. The lowest BCUT2D eigenvalue weighted by Gasteiger charge is -2.08. The summed E-state index contributed by atoms with van der Waals surface area (Å²) >= 11 is 1.56. The highest BCUT2D eigenvalue weighted by Crippen LogP contribution is 2.30. The number of benzene rings is 1. The number of amides is 1. The summed E-state index contributed by atoms with van der Waals surface area (Å²) in [6.07, 6.45) is -1.07. The quantitative estimate of drug-likeness (QED) is 0.594. The third-order valence-electron chi connectivity index (χ3n) is 4.04. The molecule has 0 atom stereocenters. The molecule has 0 fully saturated rings. The molecule has 0 spiro atoms. The van der Waals surface area contributed by atoms with Crippen LogP contribution < -0.4 is 4.90 Å². The van der Waals surface area contributed by atoms with Crippen LogP contribution in [0.3, 0.4) is 0 Å². The Labute approximate surface area is 153 Å². The fourth-order valence-corrected chi connectivity index (χ4v) is 3.39. The smallest absolute Gasteiger partial charge is 0.412 e. The predicted molar refractivity (Wildman–Crippen MR) is 101 cm³/mol. The van der Waals surface area contributed by atoms with E-state index >= 15 is 0 Å². The molecule has 4 aromatic rings. The molecule has 3 aromatic heterocycles. The average Bonchev–Trinajstić information content (AvgIpc) is 3.27. The van der Waals surface area contributed by atoms with E-state index in [0.29, 0.717) is 11.6 Å². The molecule has 1 N–H and O–H groups in total. The lowest BCUT2D eigenvalue weighted by molar-refractivity contribution is 0.203. The summed E-state index contributed by atoms with van der Waals surface area (Å²) in [6, 6.07) is 13.3. The number of hydrogen-bond acceptors (Lipinski definition) is 5. The van der Waals surface area contributed by atoms with Gasteiger partial charge in [0, 0.05) is 24.4 Å². The first-order valence-electron chi connectivity index (χ1n) is 7.87. The second-order valence-corrected chi connectivity index (χ2v) is 6.70. The Morgan fingerprint density at radius 2 is 2.08 bits per heavy atom. The van der Waals surface area contributed by atoms with Crippen LogP contribution in [0.25, 0.3) is 27.3 Å². The van der Waals surface area contributed by atoms with E-state index in [-0.39, 0.29) is 0 Å². The molecule has 0 aliphatic rings. The van der Waals surface area contributed by atoms with Gasteiger partial charge >= 0.3 is 6.09 Å². The summed E-state index contributed by atoms with van der Waals surface area (Å²) in [4.78, 5) is 21.3. The van der Waals surface area contributed by atoms with Gasteiger partial charge < -0.3 is 5.11 Å². The van der Waals surface area contributed by atoms with Crippen LogP contribution in [0.1, 0.15) is 5.69 Å². The van der Waals surface area contributed by atoms with Gasteiger partial charge in [-0.25, -0.2) is 19.4 Å². The van der Waals surface area contributed by atoms with E-state index in [1.165, 1.54) is 7.05 Å². The topological polar surface area (TPSA) is 84.1 Å². The molecule has 7 nitrogen and oxygen atoms in total. The Balaban J connectivity index is 1.92. The minimum absolute atomic E-state index is 0.334. The number of thiazole rings is 1. The Morgan fingerprint density at radius 3 is 2.85 bits per heavy atom. The minimum Gasteiger partial charge on any atom is -0.465 e. The van der Waals surface area contributed by atoms with Gasteiger partial charge in [0.25, 0.3) is 0 Å². The molecule has 0 bridgehead atoms. The molecule has 8 heteroatoms. The molecule has 0 aliphatic heterocycles. The third-order valence-corrected chi connectivity index (χ3v) is 4.84. The number of nitrogens with zero attached hydrogens (tertiary/aromatic N) is 5.